The van der Waals surface area contributed by atoms with E-state index in [-0.39, 0.29) is 0 Å². The molecule has 1 aromatic rings. The normalized spacial score (nSPS) is 11.2. The van der Waals surface area contributed by atoms with Gasteiger partial charge in [-0.15, -0.1) is 0 Å². The van der Waals surface area contributed by atoms with Gasteiger partial charge in [-0.05, 0) is 29.3 Å². The van der Waals surface area contributed by atoms with Gasteiger partial charge in [0.1, 0.15) is 0 Å². The lowest BCUT2D eigenvalue weighted by Crippen LogP contribution is -2.37. The lowest BCUT2D eigenvalue weighted by Gasteiger charge is -2.10. The topological polar surface area (TPSA) is 36.4 Å². The van der Waals surface area contributed by atoms with Gasteiger partial charge in [-0.2, -0.15) is 11.3 Å². The van der Waals surface area contributed by atoms with Crippen molar-refractivity contribution < 1.29 is 0 Å². The molecule has 0 aliphatic heterocycles. The Balaban J connectivity index is 2.47. The fourth-order valence-corrected chi connectivity index (χ4v) is 1.87. The van der Waals surface area contributed by atoms with Gasteiger partial charge in [-0.3, -0.25) is 0 Å². The van der Waals surface area contributed by atoms with E-state index < -0.39 is 0 Å². The number of hydrogen-bond donors (Lipinski definition) is 2. The average molecular weight is 302 g/mol. The second kappa shape index (κ2) is 7.46. The molecule has 16 heavy (non-hydrogen) atoms. The standard InChI is InChI=1S/C11H16BrN3S/c1-3-13-11(14-6-9(2)12)15-7-10-4-5-16-8-10/h4-5,8H,2-3,6-7H2,1H3,(H2,13,14,15). The maximum Gasteiger partial charge on any atom is 0.191 e. The van der Waals surface area contributed by atoms with Crippen molar-refractivity contribution in [2.75, 3.05) is 13.1 Å². The molecule has 1 rings (SSSR count). The molecule has 0 spiro atoms. The highest BCUT2D eigenvalue weighted by atomic mass is 79.9. The Kier molecular flexibility index (Phi) is 6.18. The van der Waals surface area contributed by atoms with Crippen molar-refractivity contribution in [3.8, 4) is 0 Å². The van der Waals surface area contributed by atoms with Crippen molar-refractivity contribution in [1.82, 2.24) is 10.6 Å². The summed E-state index contributed by atoms with van der Waals surface area (Å²) in [6, 6.07) is 2.08. The quantitative estimate of drug-likeness (QED) is 0.648. The predicted octanol–water partition coefficient (Wildman–Crippen LogP) is 2.71. The summed E-state index contributed by atoms with van der Waals surface area (Å²) in [6.07, 6.45) is 0. The van der Waals surface area contributed by atoms with Crippen molar-refractivity contribution in [3.05, 3.63) is 33.5 Å². The summed E-state index contributed by atoms with van der Waals surface area (Å²) in [5.41, 5.74) is 1.24. The molecule has 0 unspecified atom stereocenters. The van der Waals surface area contributed by atoms with E-state index in [1.807, 2.05) is 6.92 Å². The zero-order valence-electron chi connectivity index (χ0n) is 9.29. The maximum absolute atomic E-state index is 4.47. The summed E-state index contributed by atoms with van der Waals surface area (Å²) < 4.78 is 0.911. The molecule has 0 bridgehead atoms. The fraction of sp³-hybridized carbons (Fsp3) is 0.364. The Hall–Kier alpha value is -0.810. The van der Waals surface area contributed by atoms with Gasteiger partial charge in [0.25, 0.3) is 0 Å². The van der Waals surface area contributed by atoms with Crippen LogP contribution < -0.4 is 10.6 Å². The average Bonchev–Trinajstić information content (AvgIpc) is 2.75. The van der Waals surface area contributed by atoms with E-state index in [1.165, 1.54) is 5.56 Å². The Morgan fingerprint density at radius 1 is 1.56 bits per heavy atom. The molecule has 0 aliphatic carbocycles. The molecule has 0 saturated heterocycles. The second-order valence-corrected chi connectivity index (χ2v) is 5.10. The van der Waals surface area contributed by atoms with Crippen molar-refractivity contribution in [1.29, 1.82) is 0 Å². The van der Waals surface area contributed by atoms with Crippen molar-refractivity contribution >= 4 is 33.2 Å². The highest BCUT2D eigenvalue weighted by Crippen LogP contribution is 2.06. The van der Waals surface area contributed by atoms with Gasteiger partial charge in [0, 0.05) is 17.6 Å². The molecule has 0 fully saturated rings. The van der Waals surface area contributed by atoms with Crippen molar-refractivity contribution in [3.63, 3.8) is 0 Å². The van der Waals surface area contributed by atoms with E-state index in [0.29, 0.717) is 13.1 Å². The van der Waals surface area contributed by atoms with E-state index in [0.717, 1.165) is 17.0 Å². The molecule has 0 atom stereocenters. The molecule has 88 valence electrons. The summed E-state index contributed by atoms with van der Waals surface area (Å²) in [5.74, 6) is 0.814. The molecule has 3 nitrogen and oxygen atoms in total. The van der Waals surface area contributed by atoms with Gasteiger partial charge in [0.05, 0.1) is 6.54 Å². The molecule has 1 heterocycles. The summed E-state index contributed by atoms with van der Waals surface area (Å²) in [7, 11) is 0. The first-order valence-electron chi connectivity index (χ1n) is 5.09. The molecule has 5 heteroatoms. The van der Waals surface area contributed by atoms with Gasteiger partial charge in [0.2, 0.25) is 0 Å². The number of nitrogens with one attached hydrogen (secondary N) is 2. The van der Waals surface area contributed by atoms with Gasteiger partial charge < -0.3 is 10.6 Å². The number of hydrogen-bond acceptors (Lipinski definition) is 2. The van der Waals surface area contributed by atoms with Crippen LogP contribution in [0.15, 0.2) is 32.9 Å². The molecule has 0 aliphatic rings. The highest BCUT2D eigenvalue weighted by molar-refractivity contribution is 9.11. The third-order valence-electron chi connectivity index (χ3n) is 1.79. The molecule has 0 amide bonds. The summed E-state index contributed by atoms with van der Waals surface area (Å²) in [6.45, 7) is 8.05. The van der Waals surface area contributed by atoms with Gasteiger partial charge in [-0.1, -0.05) is 22.5 Å². The van der Waals surface area contributed by atoms with E-state index in [4.69, 9.17) is 0 Å². The van der Waals surface area contributed by atoms with Gasteiger partial charge in [0.15, 0.2) is 5.96 Å². The number of thiophene rings is 1. The maximum atomic E-state index is 4.47. The minimum absolute atomic E-state index is 0.676. The molecule has 2 N–H and O–H groups in total. The highest BCUT2D eigenvalue weighted by Gasteiger charge is 1.97. The van der Waals surface area contributed by atoms with Crippen LogP contribution in [0, 0.1) is 0 Å². The number of halogens is 1. The van der Waals surface area contributed by atoms with Crippen LogP contribution >= 0.6 is 27.3 Å². The molecule has 0 aromatic carbocycles. The number of aliphatic imine (C=N–C) groups is 1. The van der Waals surface area contributed by atoms with Crippen LogP contribution in [0.5, 0.6) is 0 Å². The second-order valence-electron chi connectivity index (χ2n) is 3.20. The van der Waals surface area contributed by atoms with E-state index in [2.05, 4.69) is 55.0 Å². The van der Waals surface area contributed by atoms with E-state index >= 15 is 0 Å². The molecule has 0 saturated carbocycles. The first-order valence-corrected chi connectivity index (χ1v) is 6.82. The Bertz CT molecular complexity index is 346. The predicted molar refractivity (Wildman–Crippen MR) is 75.2 cm³/mol. The van der Waals surface area contributed by atoms with E-state index in [9.17, 15) is 0 Å². The van der Waals surface area contributed by atoms with E-state index in [1.54, 1.807) is 11.3 Å². The van der Waals surface area contributed by atoms with Crippen LogP contribution in [0.3, 0.4) is 0 Å². The molecular formula is C11H16BrN3S. The number of nitrogens with zero attached hydrogens (tertiary/aromatic N) is 1. The summed E-state index contributed by atoms with van der Waals surface area (Å²) in [5, 5.41) is 10.5. The van der Waals surface area contributed by atoms with Crippen LogP contribution in [0.2, 0.25) is 0 Å². The monoisotopic (exact) mass is 301 g/mol. The summed E-state index contributed by atoms with van der Waals surface area (Å²) in [4.78, 5) is 4.47. The fourth-order valence-electron chi connectivity index (χ4n) is 1.07. The van der Waals surface area contributed by atoms with Crippen molar-refractivity contribution in [2.24, 2.45) is 4.99 Å². The smallest absolute Gasteiger partial charge is 0.191 e. The zero-order chi connectivity index (χ0) is 11.8. The van der Waals surface area contributed by atoms with Crippen LogP contribution in [-0.2, 0) is 6.54 Å². The van der Waals surface area contributed by atoms with Gasteiger partial charge in [-0.25, -0.2) is 4.99 Å². The Morgan fingerprint density at radius 3 is 2.94 bits per heavy atom. The minimum Gasteiger partial charge on any atom is -0.357 e. The summed E-state index contributed by atoms with van der Waals surface area (Å²) >= 11 is 5.00. The lowest BCUT2D eigenvalue weighted by molar-refractivity contribution is 0.859. The Morgan fingerprint density at radius 2 is 2.38 bits per heavy atom. The van der Waals surface area contributed by atoms with Crippen LogP contribution in [0.1, 0.15) is 12.5 Å². The number of rotatable bonds is 5. The first kappa shape index (κ1) is 13.3. The van der Waals surface area contributed by atoms with Crippen LogP contribution in [-0.4, -0.2) is 19.0 Å². The third-order valence-corrected chi connectivity index (χ3v) is 2.80. The molecule has 1 aromatic heterocycles. The molecular weight excluding hydrogens is 286 g/mol. The van der Waals surface area contributed by atoms with Gasteiger partial charge >= 0.3 is 0 Å². The van der Waals surface area contributed by atoms with Crippen LogP contribution in [0.25, 0.3) is 0 Å². The lowest BCUT2D eigenvalue weighted by atomic mass is 10.3. The zero-order valence-corrected chi connectivity index (χ0v) is 11.7. The first-order chi connectivity index (χ1) is 7.72. The molecule has 0 radical (unpaired) electrons. The Labute approximate surface area is 109 Å². The third kappa shape index (κ3) is 5.32. The number of guanidine groups is 1. The van der Waals surface area contributed by atoms with Crippen molar-refractivity contribution in [2.45, 2.75) is 13.5 Å². The SMILES string of the molecule is C=C(Br)CNC(=NCc1ccsc1)NCC. The largest absolute Gasteiger partial charge is 0.357 e. The van der Waals surface area contributed by atoms with Crippen LogP contribution in [0.4, 0.5) is 0 Å². The minimum atomic E-state index is 0.676.